The van der Waals surface area contributed by atoms with Crippen molar-refractivity contribution >= 4 is 0 Å². The number of furan rings is 1. The lowest BCUT2D eigenvalue weighted by atomic mass is 10.2. The van der Waals surface area contributed by atoms with Crippen LogP contribution in [0.3, 0.4) is 0 Å². The Hall–Kier alpha value is -2.44. The largest absolute Gasteiger partial charge is 0.461 e. The van der Waals surface area contributed by atoms with Crippen LogP contribution < -0.4 is 0 Å². The van der Waals surface area contributed by atoms with Crippen molar-refractivity contribution in [3.05, 3.63) is 60.2 Å². The van der Waals surface area contributed by atoms with Crippen molar-refractivity contribution in [1.29, 1.82) is 0 Å². The number of aromatic nitrogens is 2. The molecule has 1 aliphatic rings. The van der Waals surface area contributed by atoms with Crippen LogP contribution in [-0.4, -0.2) is 46.1 Å². The van der Waals surface area contributed by atoms with E-state index in [9.17, 15) is 0 Å². The SMILES string of the molecule is c1ccc(CN2CCN(Cc3cc(-c4ccco4)on3)CC2)nc1. The maximum atomic E-state index is 5.36. The first-order valence-electron chi connectivity index (χ1n) is 8.21. The summed E-state index contributed by atoms with van der Waals surface area (Å²) >= 11 is 0. The summed E-state index contributed by atoms with van der Waals surface area (Å²) in [7, 11) is 0. The van der Waals surface area contributed by atoms with Gasteiger partial charge in [0.2, 0.25) is 5.76 Å². The highest BCUT2D eigenvalue weighted by Gasteiger charge is 2.19. The van der Waals surface area contributed by atoms with Crippen molar-refractivity contribution in [3.8, 4) is 11.5 Å². The third kappa shape index (κ3) is 3.55. The third-order valence-electron chi connectivity index (χ3n) is 4.29. The van der Waals surface area contributed by atoms with Gasteiger partial charge in [0.25, 0.3) is 0 Å². The molecule has 0 N–H and O–H groups in total. The van der Waals surface area contributed by atoms with Gasteiger partial charge in [-0.05, 0) is 24.3 Å². The second-order valence-corrected chi connectivity index (χ2v) is 6.03. The predicted molar refractivity (Wildman–Crippen MR) is 89.0 cm³/mol. The first kappa shape index (κ1) is 15.1. The lowest BCUT2D eigenvalue weighted by Gasteiger charge is -2.33. The number of rotatable bonds is 5. The van der Waals surface area contributed by atoms with E-state index < -0.39 is 0 Å². The van der Waals surface area contributed by atoms with Crippen LogP contribution in [0.5, 0.6) is 0 Å². The van der Waals surface area contributed by atoms with Gasteiger partial charge >= 0.3 is 0 Å². The molecule has 0 aliphatic carbocycles. The molecule has 3 aromatic heterocycles. The summed E-state index contributed by atoms with van der Waals surface area (Å²) in [6.07, 6.45) is 3.49. The van der Waals surface area contributed by atoms with Gasteiger partial charge in [0.05, 0.1) is 17.7 Å². The van der Waals surface area contributed by atoms with Crippen LogP contribution in [0, 0.1) is 0 Å². The molecule has 1 aliphatic heterocycles. The highest BCUT2D eigenvalue weighted by atomic mass is 16.5. The van der Waals surface area contributed by atoms with Crippen LogP contribution in [0.15, 0.2) is 57.8 Å². The second-order valence-electron chi connectivity index (χ2n) is 6.03. The highest BCUT2D eigenvalue weighted by molar-refractivity contribution is 5.49. The van der Waals surface area contributed by atoms with Crippen LogP contribution in [0.2, 0.25) is 0 Å². The zero-order valence-electron chi connectivity index (χ0n) is 13.5. The van der Waals surface area contributed by atoms with E-state index in [4.69, 9.17) is 8.94 Å². The van der Waals surface area contributed by atoms with Crippen LogP contribution in [0.4, 0.5) is 0 Å². The van der Waals surface area contributed by atoms with E-state index in [1.807, 2.05) is 36.5 Å². The zero-order valence-corrected chi connectivity index (χ0v) is 13.5. The molecule has 0 saturated carbocycles. The van der Waals surface area contributed by atoms with Crippen LogP contribution in [0.1, 0.15) is 11.4 Å². The van der Waals surface area contributed by atoms with E-state index >= 15 is 0 Å². The average Bonchev–Trinajstić information content (AvgIpc) is 3.29. The number of nitrogens with zero attached hydrogens (tertiary/aromatic N) is 4. The molecule has 0 bridgehead atoms. The van der Waals surface area contributed by atoms with E-state index in [1.54, 1.807) is 6.26 Å². The van der Waals surface area contributed by atoms with Crippen LogP contribution >= 0.6 is 0 Å². The molecule has 6 nitrogen and oxygen atoms in total. The molecule has 24 heavy (non-hydrogen) atoms. The lowest BCUT2D eigenvalue weighted by Crippen LogP contribution is -2.45. The van der Waals surface area contributed by atoms with Gasteiger partial charge in [0, 0.05) is 51.5 Å². The zero-order chi connectivity index (χ0) is 16.2. The normalized spacial score (nSPS) is 16.5. The fourth-order valence-corrected chi connectivity index (χ4v) is 2.98. The minimum Gasteiger partial charge on any atom is -0.461 e. The standard InChI is InChI=1S/C18H20N4O2/c1-2-6-19-15(4-1)13-21-7-9-22(10-8-21)14-16-12-18(24-20-16)17-5-3-11-23-17/h1-6,11-12H,7-10,13-14H2. The summed E-state index contributed by atoms with van der Waals surface area (Å²) in [4.78, 5) is 9.24. The van der Waals surface area contributed by atoms with Crippen molar-refractivity contribution in [2.24, 2.45) is 0 Å². The Kier molecular flexibility index (Phi) is 4.40. The molecule has 4 rings (SSSR count). The number of hydrogen-bond donors (Lipinski definition) is 0. The quantitative estimate of drug-likeness (QED) is 0.719. The Morgan fingerprint density at radius 1 is 0.875 bits per heavy atom. The lowest BCUT2D eigenvalue weighted by molar-refractivity contribution is 0.119. The van der Waals surface area contributed by atoms with Crippen LogP contribution in [-0.2, 0) is 13.1 Å². The Labute approximate surface area is 140 Å². The Balaban J connectivity index is 1.29. The molecule has 0 aromatic carbocycles. The molecule has 1 saturated heterocycles. The molecule has 124 valence electrons. The molecular weight excluding hydrogens is 304 g/mol. The maximum absolute atomic E-state index is 5.36. The molecule has 3 aromatic rings. The summed E-state index contributed by atoms with van der Waals surface area (Å²) < 4.78 is 10.7. The minimum absolute atomic E-state index is 0.684. The fraction of sp³-hybridized carbons (Fsp3) is 0.333. The van der Waals surface area contributed by atoms with Crippen molar-refractivity contribution in [2.45, 2.75) is 13.1 Å². The Morgan fingerprint density at radius 3 is 2.33 bits per heavy atom. The summed E-state index contributed by atoms with van der Waals surface area (Å²) in [6, 6.07) is 11.8. The maximum Gasteiger partial charge on any atom is 0.202 e. The second kappa shape index (κ2) is 6.98. The first-order chi connectivity index (χ1) is 11.9. The number of piperazine rings is 1. The van der Waals surface area contributed by atoms with Gasteiger partial charge in [0.1, 0.15) is 0 Å². The molecule has 1 fully saturated rings. The van der Waals surface area contributed by atoms with Crippen molar-refractivity contribution in [1.82, 2.24) is 19.9 Å². The van der Waals surface area contributed by atoms with Crippen LogP contribution in [0.25, 0.3) is 11.5 Å². The third-order valence-corrected chi connectivity index (χ3v) is 4.29. The summed E-state index contributed by atoms with van der Waals surface area (Å²) in [5.74, 6) is 1.40. The van der Waals surface area contributed by atoms with Gasteiger partial charge in [-0.2, -0.15) is 0 Å². The topological polar surface area (TPSA) is 58.5 Å². The first-order valence-corrected chi connectivity index (χ1v) is 8.21. The number of pyridine rings is 1. The Morgan fingerprint density at radius 2 is 1.67 bits per heavy atom. The molecule has 0 amide bonds. The van der Waals surface area contributed by atoms with Gasteiger partial charge in [-0.1, -0.05) is 11.2 Å². The van der Waals surface area contributed by atoms with E-state index in [-0.39, 0.29) is 0 Å². The van der Waals surface area contributed by atoms with E-state index in [0.29, 0.717) is 11.5 Å². The monoisotopic (exact) mass is 324 g/mol. The van der Waals surface area contributed by atoms with Crippen molar-refractivity contribution in [3.63, 3.8) is 0 Å². The number of hydrogen-bond acceptors (Lipinski definition) is 6. The fourth-order valence-electron chi connectivity index (χ4n) is 2.98. The van der Waals surface area contributed by atoms with Crippen molar-refractivity contribution < 1.29 is 8.94 Å². The van der Waals surface area contributed by atoms with E-state index in [1.165, 1.54) is 0 Å². The summed E-state index contributed by atoms with van der Waals surface area (Å²) in [6.45, 7) is 5.85. The van der Waals surface area contributed by atoms with E-state index in [0.717, 1.165) is 50.7 Å². The van der Waals surface area contributed by atoms with Gasteiger partial charge < -0.3 is 8.94 Å². The molecule has 4 heterocycles. The van der Waals surface area contributed by atoms with E-state index in [2.05, 4.69) is 26.0 Å². The summed E-state index contributed by atoms with van der Waals surface area (Å²) in [5.41, 5.74) is 2.07. The van der Waals surface area contributed by atoms with Gasteiger partial charge in [-0.3, -0.25) is 14.8 Å². The van der Waals surface area contributed by atoms with Gasteiger partial charge in [-0.25, -0.2) is 0 Å². The van der Waals surface area contributed by atoms with Crippen molar-refractivity contribution in [2.75, 3.05) is 26.2 Å². The summed E-state index contributed by atoms with van der Waals surface area (Å²) in [5, 5.41) is 4.15. The van der Waals surface area contributed by atoms with Gasteiger partial charge in [-0.15, -0.1) is 0 Å². The molecule has 0 spiro atoms. The highest BCUT2D eigenvalue weighted by Crippen LogP contribution is 2.21. The smallest absolute Gasteiger partial charge is 0.202 e. The molecular formula is C18H20N4O2. The molecule has 0 atom stereocenters. The molecule has 0 radical (unpaired) electrons. The Bertz CT molecular complexity index is 746. The van der Waals surface area contributed by atoms with Gasteiger partial charge in [0.15, 0.2) is 5.76 Å². The average molecular weight is 324 g/mol. The minimum atomic E-state index is 0.684. The molecule has 6 heteroatoms. The molecule has 0 unspecified atom stereocenters. The predicted octanol–water partition coefficient (Wildman–Crippen LogP) is 2.65.